The van der Waals surface area contributed by atoms with E-state index in [4.69, 9.17) is 9.47 Å². The Labute approximate surface area is 199 Å². The van der Waals surface area contributed by atoms with E-state index in [1.54, 1.807) is 13.3 Å². The molecule has 176 valence electrons. The molecule has 1 aliphatic heterocycles. The Morgan fingerprint density at radius 2 is 1.65 bits per heavy atom. The fraction of sp³-hybridized carbons (Fsp3) is 0.269. The molecule has 0 spiro atoms. The van der Waals surface area contributed by atoms with Crippen LogP contribution in [0.2, 0.25) is 0 Å². The summed E-state index contributed by atoms with van der Waals surface area (Å²) in [6.45, 7) is 2.63. The molecule has 2 heterocycles. The molecule has 8 nitrogen and oxygen atoms in total. The number of anilines is 2. The maximum atomic E-state index is 12.4. The Hall–Kier alpha value is -4.07. The average Bonchev–Trinajstić information content (AvgIpc) is 2.89. The number of nitrogens with one attached hydrogen (secondary N) is 1. The summed E-state index contributed by atoms with van der Waals surface area (Å²) in [7, 11) is 1.61. The molecule has 3 aromatic rings. The molecular formula is C26H28N4O4. The van der Waals surface area contributed by atoms with E-state index in [1.807, 2.05) is 71.6 Å². The van der Waals surface area contributed by atoms with Gasteiger partial charge in [-0.2, -0.15) is 0 Å². The summed E-state index contributed by atoms with van der Waals surface area (Å²) in [5.74, 6) is 2.14. The first-order chi connectivity index (χ1) is 16.6. The van der Waals surface area contributed by atoms with Gasteiger partial charge in [0.05, 0.1) is 25.4 Å². The lowest BCUT2D eigenvalue weighted by molar-refractivity contribution is -0.133. The minimum atomic E-state index is -0.107. The van der Waals surface area contributed by atoms with E-state index in [1.165, 1.54) is 0 Å². The number of pyridine rings is 1. The summed E-state index contributed by atoms with van der Waals surface area (Å²) in [6.07, 6.45) is 1.93. The Morgan fingerprint density at radius 1 is 0.912 bits per heavy atom. The summed E-state index contributed by atoms with van der Waals surface area (Å²) in [5.41, 5.74) is 1.55. The number of carbonyl (C=O) groups excluding carboxylic acids is 2. The van der Waals surface area contributed by atoms with Gasteiger partial charge in [-0.3, -0.25) is 9.59 Å². The molecule has 0 aliphatic carbocycles. The van der Waals surface area contributed by atoms with Crippen molar-refractivity contribution in [2.24, 2.45) is 0 Å². The zero-order chi connectivity index (χ0) is 23.8. The molecule has 0 radical (unpaired) electrons. The van der Waals surface area contributed by atoms with Crippen LogP contribution in [-0.4, -0.2) is 61.6 Å². The number of carbonyl (C=O) groups is 2. The van der Waals surface area contributed by atoms with Crippen LogP contribution in [0, 0.1) is 0 Å². The molecule has 1 fully saturated rings. The normalized spacial score (nSPS) is 13.3. The molecule has 4 rings (SSSR count). The summed E-state index contributed by atoms with van der Waals surface area (Å²) in [5, 5.41) is 2.88. The number of hydrogen-bond acceptors (Lipinski definition) is 6. The number of para-hydroxylation sites is 1. The number of amides is 2. The standard InChI is InChI=1S/C26H28N4O4/c1-33-22-10-7-20(8-11-22)17-25(31)28-21-9-12-24(27-18-21)29-13-15-30(16-14-29)26(32)19-34-23-5-3-2-4-6-23/h2-12,18H,13-17,19H2,1H3,(H,28,31). The molecule has 8 heteroatoms. The van der Waals surface area contributed by atoms with Crippen LogP contribution in [0.3, 0.4) is 0 Å². The highest BCUT2D eigenvalue weighted by atomic mass is 16.5. The van der Waals surface area contributed by atoms with E-state index in [0.717, 1.165) is 17.1 Å². The molecule has 0 bridgehead atoms. The quantitative estimate of drug-likeness (QED) is 0.556. The van der Waals surface area contributed by atoms with Crippen molar-refractivity contribution in [1.29, 1.82) is 0 Å². The van der Waals surface area contributed by atoms with Gasteiger partial charge in [0.25, 0.3) is 5.91 Å². The number of aromatic nitrogens is 1. The van der Waals surface area contributed by atoms with Crippen molar-refractivity contribution in [3.63, 3.8) is 0 Å². The van der Waals surface area contributed by atoms with Crippen molar-refractivity contribution < 1.29 is 19.1 Å². The monoisotopic (exact) mass is 460 g/mol. The van der Waals surface area contributed by atoms with Crippen LogP contribution < -0.4 is 19.7 Å². The number of benzene rings is 2. The van der Waals surface area contributed by atoms with Gasteiger partial charge in [-0.05, 0) is 42.0 Å². The van der Waals surface area contributed by atoms with Gasteiger partial charge in [-0.15, -0.1) is 0 Å². The van der Waals surface area contributed by atoms with Gasteiger partial charge in [0, 0.05) is 26.2 Å². The van der Waals surface area contributed by atoms with Gasteiger partial charge in [-0.1, -0.05) is 30.3 Å². The molecule has 1 aromatic heterocycles. The van der Waals surface area contributed by atoms with Crippen LogP contribution >= 0.6 is 0 Å². The number of methoxy groups -OCH3 is 1. The number of rotatable bonds is 8. The van der Waals surface area contributed by atoms with Gasteiger partial charge in [-0.25, -0.2) is 4.98 Å². The van der Waals surface area contributed by atoms with Gasteiger partial charge in [0.15, 0.2) is 6.61 Å². The first-order valence-electron chi connectivity index (χ1n) is 11.2. The maximum absolute atomic E-state index is 12.4. The zero-order valence-electron chi connectivity index (χ0n) is 19.1. The smallest absolute Gasteiger partial charge is 0.260 e. The van der Waals surface area contributed by atoms with Gasteiger partial charge in [0.2, 0.25) is 5.91 Å². The van der Waals surface area contributed by atoms with Crippen LogP contribution in [-0.2, 0) is 16.0 Å². The van der Waals surface area contributed by atoms with Gasteiger partial charge >= 0.3 is 0 Å². The number of piperazine rings is 1. The molecule has 2 amide bonds. The minimum absolute atomic E-state index is 0.0219. The van der Waals surface area contributed by atoms with Crippen molar-refractivity contribution in [2.45, 2.75) is 6.42 Å². The predicted octanol–water partition coefficient (Wildman–Crippen LogP) is 3.00. The highest BCUT2D eigenvalue weighted by Crippen LogP contribution is 2.18. The highest BCUT2D eigenvalue weighted by molar-refractivity contribution is 5.92. The number of hydrogen-bond donors (Lipinski definition) is 1. The molecule has 1 aliphatic rings. The van der Waals surface area contributed by atoms with Crippen LogP contribution in [0.5, 0.6) is 11.5 Å². The average molecular weight is 461 g/mol. The summed E-state index contributed by atoms with van der Waals surface area (Å²) in [4.78, 5) is 33.2. The second kappa shape index (κ2) is 11.2. The fourth-order valence-corrected chi connectivity index (χ4v) is 3.72. The van der Waals surface area contributed by atoms with E-state index >= 15 is 0 Å². The first-order valence-corrected chi connectivity index (χ1v) is 11.2. The number of nitrogens with zero attached hydrogens (tertiary/aromatic N) is 3. The Bertz CT molecular complexity index is 1080. The molecule has 34 heavy (non-hydrogen) atoms. The molecule has 0 atom stereocenters. The van der Waals surface area contributed by atoms with Gasteiger partial charge < -0.3 is 24.6 Å². The SMILES string of the molecule is COc1ccc(CC(=O)Nc2ccc(N3CCN(C(=O)COc4ccccc4)CC3)nc2)cc1. The van der Waals surface area contributed by atoms with Crippen molar-refractivity contribution in [3.8, 4) is 11.5 Å². The molecular weight excluding hydrogens is 432 g/mol. The summed E-state index contributed by atoms with van der Waals surface area (Å²) in [6, 6.07) is 20.5. The van der Waals surface area contributed by atoms with Crippen molar-refractivity contribution >= 4 is 23.3 Å². The van der Waals surface area contributed by atoms with Crippen LogP contribution in [0.15, 0.2) is 72.9 Å². The molecule has 1 saturated heterocycles. The van der Waals surface area contributed by atoms with E-state index in [0.29, 0.717) is 37.6 Å². The zero-order valence-corrected chi connectivity index (χ0v) is 19.1. The number of ether oxygens (including phenoxy) is 2. The Kier molecular flexibility index (Phi) is 7.60. The predicted molar refractivity (Wildman–Crippen MR) is 130 cm³/mol. The Morgan fingerprint density at radius 3 is 2.29 bits per heavy atom. The third-order valence-corrected chi connectivity index (χ3v) is 5.62. The molecule has 0 unspecified atom stereocenters. The van der Waals surface area contributed by atoms with E-state index < -0.39 is 0 Å². The van der Waals surface area contributed by atoms with Crippen molar-refractivity contribution in [3.05, 3.63) is 78.5 Å². The highest BCUT2D eigenvalue weighted by Gasteiger charge is 2.22. The lowest BCUT2D eigenvalue weighted by Crippen LogP contribution is -2.50. The van der Waals surface area contributed by atoms with Crippen LogP contribution in [0.25, 0.3) is 0 Å². The van der Waals surface area contributed by atoms with Gasteiger partial charge in [0.1, 0.15) is 17.3 Å². The molecule has 2 aromatic carbocycles. The third kappa shape index (κ3) is 6.25. The lowest BCUT2D eigenvalue weighted by Gasteiger charge is -2.35. The second-order valence-electron chi connectivity index (χ2n) is 7.95. The third-order valence-electron chi connectivity index (χ3n) is 5.62. The topological polar surface area (TPSA) is 84.0 Å². The van der Waals surface area contributed by atoms with Crippen LogP contribution in [0.4, 0.5) is 11.5 Å². The maximum Gasteiger partial charge on any atom is 0.260 e. The van der Waals surface area contributed by atoms with E-state index in [9.17, 15) is 9.59 Å². The largest absolute Gasteiger partial charge is 0.497 e. The van der Waals surface area contributed by atoms with Crippen molar-refractivity contribution in [1.82, 2.24) is 9.88 Å². The van der Waals surface area contributed by atoms with Crippen LogP contribution in [0.1, 0.15) is 5.56 Å². The van der Waals surface area contributed by atoms with E-state index in [-0.39, 0.29) is 24.8 Å². The minimum Gasteiger partial charge on any atom is -0.497 e. The van der Waals surface area contributed by atoms with Crippen molar-refractivity contribution in [2.75, 3.05) is 50.1 Å². The molecule has 1 N–H and O–H groups in total. The summed E-state index contributed by atoms with van der Waals surface area (Å²) >= 11 is 0. The summed E-state index contributed by atoms with van der Waals surface area (Å²) < 4.78 is 10.7. The fourth-order valence-electron chi connectivity index (χ4n) is 3.72. The molecule has 0 saturated carbocycles. The first kappa shape index (κ1) is 23.1. The second-order valence-corrected chi connectivity index (χ2v) is 7.95. The lowest BCUT2D eigenvalue weighted by atomic mass is 10.1. The van der Waals surface area contributed by atoms with E-state index in [2.05, 4.69) is 15.2 Å². The Balaban J connectivity index is 1.22.